The van der Waals surface area contributed by atoms with Gasteiger partial charge in [0.25, 0.3) is 5.91 Å². The van der Waals surface area contributed by atoms with E-state index in [0.717, 1.165) is 36.0 Å². The fraction of sp³-hybridized carbons (Fsp3) is 0.435. The maximum atomic E-state index is 13.1. The van der Waals surface area contributed by atoms with Crippen LogP contribution in [0.4, 0.5) is 5.69 Å². The fourth-order valence-corrected chi connectivity index (χ4v) is 4.56. The Bertz CT molecular complexity index is 1040. The van der Waals surface area contributed by atoms with E-state index in [1.807, 2.05) is 24.3 Å². The van der Waals surface area contributed by atoms with Crippen LogP contribution in [0.1, 0.15) is 60.6 Å². The minimum absolute atomic E-state index is 0.152. The van der Waals surface area contributed by atoms with Crippen molar-refractivity contribution in [1.82, 2.24) is 5.32 Å². The predicted octanol–water partition coefficient (Wildman–Crippen LogP) is 4.20. The second-order valence-electron chi connectivity index (χ2n) is 7.99. The summed E-state index contributed by atoms with van der Waals surface area (Å²) in [5.74, 6) is 0.633. The Morgan fingerprint density at radius 2 is 1.87 bits per heavy atom. The van der Waals surface area contributed by atoms with E-state index in [2.05, 4.69) is 19.2 Å². The number of fused-ring (bicyclic) bond motifs is 1. The van der Waals surface area contributed by atoms with Gasteiger partial charge in [-0.25, -0.2) is 8.42 Å². The van der Waals surface area contributed by atoms with Gasteiger partial charge in [-0.3, -0.25) is 9.10 Å². The smallest absolute Gasteiger partial charge is 0.251 e. The summed E-state index contributed by atoms with van der Waals surface area (Å²) in [5, 5.41) is 3.17. The van der Waals surface area contributed by atoms with Crippen LogP contribution >= 0.6 is 0 Å². The van der Waals surface area contributed by atoms with Gasteiger partial charge in [0, 0.05) is 24.6 Å². The molecule has 1 amide bonds. The van der Waals surface area contributed by atoms with E-state index in [-0.39, 0.29) is 17.6 Å². The number of nitrogens with one attached hydrogen (secondary N) is 1. The van der Waals surface area contributed by atoms with Gasteiger partial charge in [0.2, 0.25) is 10.0 Å². The number of aryl methyl sites for hydroxylation is 1. The Labute approximate surface area is 179 Å². The molecule has 1 aliphatic rings. The molecule has 0 spiro atoms. The Morgan fingerprint density at radius 1 is 1.20 bits per heavy atom. The number of sulfonamides is 1. The van der Waals surface area contributed by atoms with Gasteiger partial charge in [-0.15, -0.1) is 0 Å². The van der Waals surface area contributed by atoms with Crippen molar-refractivity contribution in [3.8, 4) is 5.75 Å². The maximum Gasteiger partial charge on any atom is 0.251 e. The third-order valence-corrected chi connectivity index (χ3v) is 7.28. The number of carbonyl (C=O) groups is 1. The van der Waals surface area contributed by atoms with Gasteiger partial charge in [0.05, 0.1) is 18.0 Å². The van der Waals surface area contributed by atoms with Crippen LogP contribution < -0.4 is 14.4 Å². The van der Waals surface area contributed by atoms with Gasteiger partial charge >= 0.3 is 0 Å². The van der Waals surface area contributed by atoms with Gasteiger partial charge < -0.3 is 10.1 Å². The number of amides is 1. The zero-order chi connectivity index (χ0) is 22.1. The summed E-state index contributed by atoms with van der Waals surface area (Å²) in [4.78, 5) is 13.1. The molecule has 7 heteroatoms. The monoisotopic (exact) mass is 430 g/mol. The first-order valence-electron chi connectivity index (χ1n) is 10.2. The predicted molar refractivity (Wildman–Crippen MR) is 120 cm³/mol. The molecule has 6 nitrogen and oxygen atoms in total. The fourth-order valence-electron chi connectivity index (χ4n) is 4.00. The van der Waals surface area contributed by atoms with E-state index in [0.29, 0.717) is 17.7 Å². The molecule has 1 N–H and O–H groups in total. The van der Waals surface area contributed by atoms with Crippen LogP contribution in [-0.2, 0) is 10.0 Å². The molecule has 30 heavy (non-hydrogen) atoms. The number of anilines is 1. The van der Waals surface area contributed by atoms with E-state index < -0.39 is 10.0 Å². The topological polar surface area (TPSA) is 75.7 Å². The van der Waals surface area contributed by atoms with E-state index in [4.69, 9.17) is 4.74 Å². The summed E-state index contributed by atoms with van der Waals surface area (Å²) in [6, 6.07) is 12.7. The van der Waals surface area contributed by atoms with Gasteiger partial charge in [-0.1, -0.05) is 32.0 Å². The SMILES string of the molecule is CCC1(CC)C[C@@H](NC(=O)c2ccc(N(C)S(C)(=O)=O)c(C)c2)c2ccccc2O1. The van der Waals surface area contributed by atoms with Crippen molar-refractivity contribution in [1.29, 1.82) is 0 Å². The summed E-state index contributed by atoms with van der Waals surface area (Å²) >= 11 is 0. The number of carbonyl (C=O) groups excluding carboxylic acids is 1. The van der Waals surface area contributed by atoms with Gasteiger partial charge in [-0.05, 0) is 49.6 Å². The zero-order valence-corrected chi connectivity index (χ0v) is 19.0. The minimum Gasteiger partial charge on any atom is -0.487 e. The van der Waals surface area contributed by atoms with Crippen LogP contribution in [-0.4, -0.2) is 33.2 Å². The Balaban J connectivity index is 1.87. The molecule has 1 heterocycles. The van der Waals surface area contributed by atoms with Crippen molar-refractivity contribution < 1.29 is 17.9 Å². The lowest BCUT2D eigenvalue weighted by Crippen LogP contribution is -2.44. The molecule has 0 unspecified atom stereocenters. The molecule has 0 fully saturated rings. The Hall–Kier alpha value is -2.54. The molecule has 3 rings (SSSR count). The lowest BCUT2D eigenvalue weighted by molar-refractivity contribution is 0.0227. The van der Waals surface area contributed by atoms with Crippen molar-refractivity contribution in [2.75, 3.05) is 17.6 Å². The maximum absolute atomic E-state index is 13.1. The summed E-state index contributed by atoms with van der Waals surface area (Å²) in [7, 11) is -1.86. The second kappa shape index (κ2) is 8.30. The molecule has 0 saturated carbocycles. The number of para-hydroxylation sites is 1. The number of hydrogen-bond donors (Lipinski definition) is 1. The first-order valence-corrected chi connectivity index (χ1v) is 12.1. The third kappa shape index (κ3) is 4.31. The van der Waals surface area contributed by atoms with Gasteiger partial charge in [0.15, 0.2) is 0 Å². The highest BCUT2D eigenvalue weighted by Crippen LogP contribution is 2.42. The summed E-state index contributed by atoms with van der Waals surface area (Å²) in [6.45, 7) is 6.02. The zero-order valence-electron chi connectivity index (χ0n) is 18.2. The normalized spacial score (nSPS) is 17.6. The quantitative estimate of drug-likeness (QED) is 0.745. The number of benzene rings is 2. The van der Waals surface area contributed by atoms with Crippen molar-refractivity contribution in [3.63, 3.8) is 0 Å². The largest absolute Gasteiger partial charge is 0.487 e. The average Bonchev–Trinajstić information content (AvgIpc) is 2.72. The first kappa shape index (κ1) is 22.2. The van der Waals surface area contributed by atoms with Crippen LogP contribution in [0, 0.1) is 6.92 Å². The van der Waals surface area contributed by atoms with Crippen LogP contribution in [0.3, 0.4) is 0 Å². The van der Waals surface area contributed by atoms with E-state index in [1.165, 1.54) is 11.4 Å². The van der Waals surface area contributed by atoms with Crippen molar-refractivity contribution in [2.24, 2.45) is 0 Å². The molecular weight excluding hydrogens is 400 g/mol. The van der Waals surface area contributed by atoms with Gasteiger partial charge in [-0.2, -0.15) is 0 Å². The molecule has 0 aliphatic carbocycles. The Kier molecular flexibility index (Phi) is 6.13. The van der Waals surface area contributed by atoms with Crippen LogP contribution in [0.25, 0.3) is 0 Å². The molecule has 1 aliphatic heterocycles. The van der Waals surface area contributed by atoms with Crippen molar-refractivity contribution >= 4 is 21.6 Å². The molecule has 0 aromatic heterocycles. The van der Waals surface area contributed by atoms with Crippen LogP contribution in [0.2, 0.25) is 0 Å². The van der Waals surface area contributed by atoms with Crippen LogP contribution in [0.5, 0.6) is 5.75 Å². The van der Waals surface area contributed by atoms with E-state index in [9.17, 15) is 13.2 Å². The molecule has 0 radical (unpaired) electrons. The second-order valence-corrected chi connectivity index (χ2v) is 10.0. The van der Waals surface area contributed by atoms with E-state index in [1.54, 1.807) is 25.1 Å². The Morgan fingerprint density at radius 3 is 2.47 bits per heavy atom. The standard InChI is InChI=1S/C23H30N2O4S/c1-6-23(7-2)15-19(18-10-8-9-11-21(18)29-23)24-22(26)17-12-13-20(16(3)14-17)25(4)30(5,27)28/h8-14,19H,6-7,15H2,1-5H3,(H,24,26)/t19-/m1/s1. The molecule has 2 aromatic carbocycles. The highest BCUT2D eigenvalue weighted by Gasteiger charge is 2.39. The van der Waals surface area contributed by atoms with Crippen molar-refractivity contribution in [2.45, 2.75) is 51.7 Å². The summed E-state index contributed by atoms with van der Waals surface area (Å²) in [5.41, 5.74) is 2.46. The number of hydrogen-bond acceptors (Lipinski definition) is 4. The average molecular weight is 431 g/mol. The summed E-state index contributed by atoms with van der Waals surface area (Å²) < 4.78 is 31.2. The first-order chi connectivity index (χ1) is 14.1. The van der Waals surface area contributed by atoms with Gasteiger partial charge in [0.1, 0.15) is 11.4 Å². The molecular formula is C23H30N2O4S. The lowest BCUT2D eigenvalue weighted by atomic mass is 9.83. The summed E-state index contributed by atoms with van der Waals surface area (Å²) in [6.07, 6.45) is 3.58. The highest BCUT2D eigenvalue weighted by molar-refractivity contribution is 7.92. The number of nitrogens with zero attached hydrogens (tertiary/aromatic N) is 1. The van der Waals surface area contributed by atoms with Crippen molar-refractivity contribution in [3.05, 3.63) is 59.2 Å². The minimum atomic E-state index is -3.37. The molecule has 162 valence electrons. The molecule has 1 atom stereocenters. The third-order valence-electron chi connectivity index (χ3n) is 6.09. The molecule has 2 aromatic rings. The molecule has 0 saturated heterocycles. The number of rotatable bonds is 6. The number of ether oxygens (including phenoxy) is 1. The molecule has 0 bridgehead atoms. The lowest BCUT2D eigenvalue weighted by Gasteiger charge is -2.41. The highest BCUT2D eigenvalue weighted by atomic mass is 32.2. The van der Waals surface area contributed by atoms with Crippen LogP contribution in [0.15, 0.2) is 42.5 Å². The van der Waals surface area contributed by atoms with E-state index >= 15 is 0 Å².